The fraction of sp³-hybridized carbons (Fsp3) is 0.625. The van der Waals surface area contributed by atoms with Crippen molar-refractivity contribution in [2.24, 2.45) is 17.6 Å². The van der Waals surface area contributed by atoms with Gasteiger partial charge in [-0.3, -0.25) is 5.41 Å². The van der Waals surface area contributed by atoms with Crippen molar-refractivity contribution >= 4 is 5.84 Å². The largest absolute Gasteiger partial charge is 0.387 e. The Balaban J connectivity index is 1.90. The molecule has 3 N–H and O–H groups in total. The van der Waals surface area contributed by atoms with Crippen LogP contribution in [0.3, 0.4) is 0 Å². The molecule has 0 saturated heterocycles. The highest BCUT2D eigenvalue weighted by atomic mass is 16.5. The smallest absolute Gasteiger partial charge is 0.237 e. The van der Waals surface area contributed by atoms with Crippen LogP contribution in [0.2, 0.25) is 0 Å². The quantitative estimate of drug-likeness (QED) is 0.234. The van der Waals surface area contributed by atoms with Gasteiger partial charge >= 0.3 is 0 Å². The highest BCUT2D eigenvalue weighted by Crippen LogP contribution is 2.26. The van der Waals surface area contributed by atoms with Crippen molar-refractivity contribution < 1.29 is 4.52 Å². The molecule has 0 radical (unpaired) electrons. The lowest BCUT2D eigenvalue weighted by molar-refractivity contribution is 0.351. The molecule has 0 aliphatic carbocycles. The number of aromatic nitrogens is 2. The summed E-state index contributed by atoms with van der Waals surface area (Å²) in [6.07, 6.45) is 10.3. The minimum absolute atomic E-state index is 0.0628. The number of aryl methyl sites for hydroxylation is 1. The van der Waals surface area contributed by atoms with Gasteiger partial charge in [-0.2, -0.15) is 4.98 Å². The third-order valence-electron chi connectivity index (χ3n) is 5.61. The number of nitrogens with two attached hydrogens (primary N) is 1. The number of rotatable bonds is 13. The summed E-state index contributed by atoms with van der Waals surface area (Å²) >= 11 is 0. The summed E-state index contributed by atoms with van der Waals surface area (Å²) in [6.45, 7) is 8.65. The SMILES string of the molecule is CCCCCC(C)CCCCc1cccc(-c2noc(C(C(=N)N)C(C)C)n2)c1. The fourth-order valence-corrected chi connectivity index (χ4v) is 3.83. The van der Waals surface area contributed by atoms with Gasteiger partial charge in [0.05, 0.1) is 5.92 Å². The molecule has 29 heavy (non-hydrogen) atoms. The van der Waals surface area contributed by atoms with Crippen LogP contribution in [0.4, 0.5) is 0 Å². The Bertz CT molecular complexity index is 753. The van der Waals surface area contributed by atoms with Crippen LogP contribution in [-0.4, -0.2) is 16.0 Å². The van der Waals surface area contributed by atoms with Crippen LogP contribution in [0.5, 0.6) is 0 Å². The normalized spacial score (nSPS) is 13.6. The number of unbranched alkanes of at least 4 members (excludes halogenated alkanes) is 3. The number of nitrogens with zero attached hydrogens (tertiary/aromatic N) is 2. The number of amidine groups is 1. The topological polar surface area (TPSA) is 88.8 Å². The van der Waals surface area contributed by atoms with Gasteiger partial charge in [0.15, 0.2) is 0 Å². The Kier molecular flexibility index (Phi) is 9.36. The standard InChI is InChI=1S/C24H38N4O/c1-5-6-7-11-18(4)12-8-9-13-19-14-10-15-20(16-19)23-27-24(29-28-23)21(17(2)3)22(25)26/h10,14-18,21H,5-9,11-13H2,1-4H3,(H3,25,26). The molecule has 0 amide bonds. The first kappa shape index (κ1) is 23.1. The molecule has 160 valence electrons. The predicted molar refractivity (Wildman–Crippen MR) is 120 cm³/mol. The van der Waals surface area contributed by atoms with Gasteiger partial charge in [0.25, 0.3) is 0 Å². The van der Waals surface area contributed by atoms with Crippen molar-refractivity contribution in [3.05, 3.63) is 35.7 Å². The van der Waals surface area contributed by atoms with Gasteiger partial charge in [-0.1, -0.05) is 89.6 Å². The van der Waals surface area contributed by atoms with E-state index in [0.717, 1.165) is 17.9 Å². The highest BCUT2D eigenvalue weighted by Gasteiger charge is 2.25. The molecule has 0 aliphatic rings. The summed E-state index contributed by atoms with van der Waals surface area (Å²) in [5.41, 5.74) is 7.98. The average molecular weight is 399 g/mol. The second kappa shape index (κ2) is 11.7. The minimum atomic E-state index is -0.334. The lowest BCUT2D eigenvalue weighted by Crippen LogP contribution is -2.25. The first-order valence-corrected chi connectivity index (χ1v) is 11.2. The van der Waals surface area contributed by atoms with Crippen LogP contribution in [0.25, 0.3) is 11.4 Å². The average Bonchev–Trinajstić information content (AvgIpc) is 3.14. The molecule has 0 aliphatic heterocycles. The van der Waals surface area contributed by atoms with Crippen molar-refractivity contribution in [3.8, 4) is 11.4 Å². The molecule has 1 aromatic carbocycles. The summed E-state index contributed by atoms with van der Waals surface area (Å²) in [5.74, 6) is 1.69. The zero-order valence-electron chi connectivity index (χ0n) is 18.6. The van der Waals surface area contributed by atoms with Crippen molar-refractivity contribution in [1.82, 2.24) is 10.1 Å². The maximum Gasteiger partial charge on any atom is 0.237 e. The molecule has 2 rings (SSSR count). The van der Waals surface area contributed by atoms with Crippen LogP contribution < -0.4 is 5.73 Å². The lowest BCUT2D eigenvalue weighted by atomic mass is 9.95. The summed E-state index contributed by atoms with van der Waals surface area (Å²) in [5, 5.41) is 11.9. The molecule has 1 aromatic heterocycles. The second-order valence-electron chi connectivity index (χ2n) is 8.68. The van der Waals surface area contributed by atoms with Crippen molar-refractivity contribution in [3.63, 3.8) is 0 Å². The van der Waals surface area contributed by atoms with E-state index >= 15 is 0 Å². The molecule has 2 aromatic rings. The first-order valence-electron chi connectivity index (χ1n) is 11.2. The van der Waals surface area contributed by atoms with Crippen LogP contribution >= 0.6 is 0 Å². The van der Waals surface area contributed by atoms with Gasteiger partial charge in [-0.15, -0.1) is 0 Å². The maximum atomic E-state index is 7.79. The molecule has 0 spiro atoms. The molecule has 2 unspecified atom stereocenters. The summed E-state index contributed by atoms with van der Waals surface area (Å²) in [7, 11) is 0. The maximum absolute atomic E-state index is 7.79. The Hall–Kier alpha value is -2.17. The van der Waals surface area contributed by atoms with Crippen molar-refractivity contribution in [1.29, 1.82) is 5.41 Å². The van der Waals surface area contributed by atoms with Gasteiger partial charge in [0.1, 0.15) is 5.84 Å². The van der Waals surface area contributed by atoms with Crippen LogP contribution in [0.15, 0.2) is 28.8 Å². The summed E-state index contributed by atoms with van der Waals surface area (Å²) < 4.78 is 5.43. The second-order valence-corrected chi connectivity index (χ2v) is 8.68. The van der Waals surface area contributed by atoms with Crippen molar-refractivity contribution in [2.45, 2.75) is 85.0 Å². The number of hydrogen-bond donors (Lipinski definition) is 2. The molecule has 0 bridgehead atoms. The van der Waals surface area contributed by atoms with Gasteiger partial charge in [0.2, 0.25) is 11.7 Å². The van der Waals surface area contributed by atoms with Gasteiger partial charge in [-0.05, 0) is 36.3 Å². The molecule has 0 saturated carbocycles. The fourth-order valence-electron chi connectivity index (χ4n) is 3.83. The number of hydrogen-bond acceptors (Lipinski definition) is 4. The van der Waals surface area contributed by atoms with Crippen LogP contribution in [0.1, 0.15) is 90.0 Å². The third-order valence-corrected chi connectivity index (χ3v) is 5.61. The minimum Gasteiger partial charge on any atom is -0.387 e. The third kappa shape index (κ3) is 7.30. The molecule has 1 heterocycles. The van der Waals surface area contributed by atoms with E-state index in [2.05, 4.69) is 42.2 Å². The van der Waals surface area contributed by atoms with E-state index in [1.54, 1.807) is 0 Å². The predicted octanol–water partition coefficient (Wildman–Crippen LogP) is 6.34. The Morgan fingerprint density at radius 1 is 1.10 bits per heavy atom. The van der Waals surface area contributed by atoms with E-state index in [1.165, 1.54) is 50.5 Å². The molecular weight excluding hydrogens is 360 g/mol. The number of benzene rings is 1. The Morgan fingerprint density at radius 3 is 2.48 bits per heavy atom. The number of nitrogens with one attached hydrogen (secondary N) is 1. The van der Waals surface area contributed by atoms with E-state index in [1.807, 2.05) is 19.9 Å². The molecule has 5 heteroatoms. The highest BCUT2D eigenvalue weighted by molar-refractivity contribution is 5.83. The van der Waals surface area contributed by atoms with E-state index in [4.69, 9.17) is 15.7 Å². The Morgan fingerprint density at radius 2 is 1.83 bits per heavy atom. The van der Waals surface area contributed by atoms with E-state index in [0.29, 0.717) is 11.7 Å². The van der Waals surface area contributed by atoms with Crippen LogP contribution in [0, 0.1) is 17.2 Å². The Labute approximate surface area is 176 Å². The summed E-state index contributed by atoms with van der Waals surface area (Å²) in [4.78, 5) is 4.52. The first-order chi connectivity index (χ1) is 13.9. The molecule has 0 fully saturated rings. The molecular formula is C24H38N4O. The zero-order valence-corrected chi connectivity index (χ0v) is 18.6. The lowest BCUT2D eigenvalue weighted by Gasteiger charge is -2.14. The van der Waals surface area contributed by atoms with Crippen LogP contribution in [-0.2, 0) is 6.42 Å². The van der Waals surface area contributed by atoms with Gasteiger partial charge in [-0.25, -0.2) is 0 Å². The van der Waals surface area contributed by atoms with Gasteiger partial charge < -0.3 is 10.3 Å². The molecule has 5 nitrogen and oxygen atoms in total. The van der Waals surface area contributed by atoms with E-state index < -0.39 is 0 Å². The zero-order chi connectivity index (χ0) is 21.2. The van der Waals surface area contributed by atoms with Gasteiger partial charge in [0, 0.05) is 5.56 Å². The van der Waals surface area contributed by atoms with Crippen molar-refractivity contribution in [2.75, 3.05) is 0 Å². The van der Waals surface area contributed by atoms with E-state index in [-0.39, 0.29) is 17.7 Å². The van der Waals surface area contributed by atoms with E-state index in [9.17, 15) is 0 Å². The monoisotopic (exact) mass is 398 g/mol. The summed E-state index contributed by atoms with van der Waals surface area (Å²) in [6, 6.07) is 8.38. The molecule has 2 atom stereocenters.